The Bertz CT molecular complexity index is 1150. The molecule has 3 amide bonds. The normalized spacial score (nSPS) is 14.5. The molecule has 0 aliphatic heterocycles. The molecule has 182 valence electrons. The predicted molar refractivity (Wildman–Crippen MR) is 126 cm³/mol. The second-order valence-electron chi connectivity index (χ2n) is 8.85. The van der Waals surface area contributed by atoms with Crippen molar-refractivity contribution in [1.82, 2.24) is 15.2 Å². The molecule has 1 aromatic carbocycles. The van der Waals surface area contributed by atoms with E-state index in [4.69, 9.17) is 0 Å². The number of anilines is 1. The van der Waals surface area contributed by atoms with Gasteiger partial charge in [-0.15, -0.1) is 0 Å². The van der Waals surface area contributed by atoms with Gasteiger partial charge in [0.2, 0.25) is 5.91 Å². The Kier molecular flexibility index (Phi) is 7.54. The van der Waals surface area contributed by atoms with Crippen LogP contribution in [-0.4, -0.2) is 41.2 Å². The van der Waals surface area contributed by atoms with Crippen LogP contribution in [0.2, 0.25) is 0 Å². The Labute approximate surface area is 198 Å². The van der Waals surface area contributed by atoms with Gasteiger partial charge in [-0.05, 0) is 68.9 Å². The fourth-order valence-corrected chi connectivity index (χ4v) is 4.71. The summed E-state index contributed by atoms with van der Waals surface area (Å²) >= 11 is 0. The van der Waals surface area contributed by atoms with Crippen molar-refractivity contribution >= 4 is 29.2 Å². The monoisotopic (exact) mass is 470 g/mol. The van der Waals surface area contributed by atoms with Crippen LogP contribution in [0.5, 0.6) is 0 Å². The van der Waals surface area contributed by atoms with Gasteiger partial charge < -0.3 is 20.5 Å². The summed E-state index contributed by atoms with van der Waals surface area (Å²) in [5.74, 6) is -2.89. The Morgan fingerprint density at radius 1 is 1.09 bits per heavy atom. The van der Waals surface area contributed by atoms with Gasteiger partial charge in [0.05, 0.1) is 11.3 Å². The third kappa shape index (κ3) is 4.88. The molecule has 1 heterocycles. The highest BCUT2D eigenvalue weighted by atomic mass is 19.1. The summed E-state index contributed by atoms with van der Waals surface area (Å²) in [5.41, 5.74) is 2.01. The maximum atomic E-state index is 13.6. The van der Waals surface area contributed by atoms with Gasteiger partial charge in [0.1, 0.15) is 11.9 Å². The topological polar surface area (TPSA) is 109 Å². The van der Waals surface area contributed by atoms with E-state index < -0.39 is 23.6 Å². The van der Waals surface area contributed by atoms with Crippen LogP contribution < -0.4 is 16.0 Å². The second kappa shape index (κ2) is 10.2. The molecule has 0 radical (unpaired) electrons. The first kappa shape index (κ1) is 25.1. The standard InChI is InChI=1S/C25H31FN4O4/c1-13-12-17(10-11-18(13)26)28-23(32)19-14(2)21(30(5)15(19)3)22(31)25(34)29-20(24(33)27-4)16-8-6-7-9-16/h10-12,16,20H,6-9H2,1-5H3,(H,27,33)(H,28,32)(H,29,34)/t20-/m0/s1. The summed E-state index contributed by atoms with van der Waals surface area (Å²) in [4.78, 5) is 51.4. The van der Waals surface area contributed by atoms with Crippen molar-refractivity contribution in [3.63, 3.8) is 0 Å². The van der Waals surface area contributed by atoms with Crippen molar-refractivity contribution in [2.75, 3.05) is 12.4 Å². The van der Waals surface area contributed by atoms with E-state index >= 15 is 0 Å². The Morgan fingerprint density at radius 3 is 2.32 bits per heavy atom. The molecule has 1 aliphatic rings. The van der Waals surface area contributed by atoms with Gasteiger partial charge in [-0.25, -0.2) is 4.39 Å². The number of aromatic nitrogens is 1. The molecule has 2 aromatic rings. The summed E-state index contributed by atoms with van der Waals surface area (Å²) in [6.07, 6.45) is 3.57. The molecule has 0 saturated heterocycles. The lowest BCUT2D eigenvalue weighted by Crippen LogP contribution is -2.51. The van der Waals surface area contributed by atoms with E-state index in [-0.39, 0.29) is 28.9 Å². The Morgan fingerprint density at radius 2 is 1.74 bits per heavy atom. The number of hydrogen-bond acceptors (Lipinski definition) is 4. The lowest BCUT2D eigenvalue weighted by molar-refractivity contribution is -0.128. The number of nitrogens with zero attached hydrogens (tertiary/aromatic N) is 1. The largest absolute Gasteiger partial charge is 0.357 e. The molecule has 8 nitrogen and oxygen atoms in total. The molecule has 1 fully saturated rings. The summed E-state index contributed by atoms with van der Waals surface area (Å²) in [7, 11) is 3.10. The Balaban J connectivity index is 1.85. The fourth-order valence-electron chi connectivity index (χ4n) is 4.71. The van der Waals surface area contributed by atoms with Crippen molar-refractivity contribution in [2.24, 2.45) is 13.0 Å². The van der Waals surface area contributed by atoms with Crippen LogP contribution in [0.3, 0.4) is 0 Å². The molecule has 0 unspecified atom stereocenters. The van der Waals surface area contributed by atoms with Crippen molar-refractivity contribution < 1.29 is 23.6 Å². The number of amides is 3. The molecule has 1 aromatic heterocycles. The average Bonchev–Trinajstić information content (AvgIpc) is 3.40. The molecule has 3 N–H and O–H groups in total. The van der Waals surface area contributed by atoms with E-state index in [1.165, 1.54) is 29.8 Å². The number of hydrogen-bond donors (Lipinski definition) is 3. The van der Waals surface area contributed by atoms with Gasteiger partial charge >= 0.3 is 0 Å². The number of ketones is 1. The van der Waals surface area contributed by atoms with Crippen molar-refractivity contribution in [1.29, 1.82) is 0 Å². The number of aryl methyl sites for hydroxylation is 1. The zero-order chi connectivity index (χ0) is 25.2. The van der Waals surface area contributed by atoms with Gasteiger partial charge in [-0.3, -0.25) is 19.2 Å². The fraction of sp³-hybridized carbons (Fsp3) is 0.440. The molecular weight excluding hydrogens is 439 g/mol. The lowest BCUT2D eigenvalue weighted by Gasteiger charge is -2.22. The zero-order valence-corrected chi connectivity index (χ0v) is 20.2. The summed E-state index contributed by atoms with van der Waals surface area (Å²) in [5, 5.41) is 7.91. The van der Waals surface area contributed by atoms with Crippen LogP contribution in [0.15, 0.2) is 18.2 Å². The van der Waals surface area contributed by atoms with E-state index in [0.29, 0.717) is 22.5 Å². The Hall–Kier alpha value is -3.49. The highest BCUT2D eigenvalue weighted by molar-refractivity contribution is 6.43. The minimum Gasteiger partial charge on any atom is -0.357 e. The molecule has 1 aliphatic carbocycles. The van der Waals surface area contributed by atoms with Gasteiger partial charge in [0, 0.05) is 25.5 Å². The number of benzene rings is 1. The number of likely N-dealkylation sites (N-methyl/N-ethyl adjacent to an activating group) is 1. The molecule has 1 atom stereocenters. The number of halogens is 1. The summed E-state index contributed by atoms with van der Waals surface area (Å²) in [6.45, 7) is 4.88. The molecule has 34 heavy (non-hydrogen) atoms. The molecular formula is C25H31FN4O4. The highest BCUT2D eigenvalue weighted by Crippen LogP contribution is 2.28. The van der Waals surface area contributed by atoms with Crippen molar-refractivity contribution in [3.8, 4) is 0 Å². The molecule has 9 heteroatoms. The smallest absolute Gasteiger partial charge is 0.294 e. The van der Waals surface area contributed by atoms with E-state index in [1.807, 2.05) is 0 Å². The van der Waals surface area contributed by atoms with Crippen molar-refractivity contribution in [3.05, 3.63) is 52.1 Å². The van der Waals surface area contributed by atoms with E-state index in [2.05, 4.69) is 16.0 Å². The first-order chi connectivity index (χ1) is 16.1. The zero-order valence-electron chi connectivity index (χ0n) is 20.2. The number of Topliss-reactive ketones (excluding diaryl/α,β-unsaturated/α-hetero) is 1. The summed E-state index contributed by atoms with van der Waals surface area (Å²) in [6, 6.07) is 3.45. The number of carbonyl (C=O) groups excluding carboxylic acids is 4. The van der Waals surface area contributed by atoms with Gasteiger partial charge in [0.15, 0.2) is 0 Å². The second-order valence-corrected chi connectivity index (χ2v) is 8.85. The molecule has 0 spiro atoms. The molecule has 3 rings (SSSR count). The minimum atomic E-state index is -0.884. The predicted octanol–water partition coefficient (Wildman–Crippen LogP) is 2.95. The third-order valence-electron chi connectivity index (χ3n) is 6.68. The first-order valence-corrected chi connectivity index (χ1v) is 11.4. The molecule has 0 bridgehead atoms. The maximum Gasteiger partial charge on any atom is 0.294 e. The molecule has 1 saturated carbocycles. The summed E-state index contributed by atoms with van der Waals surface area (Å²) < 4.78 is 15.1. The van der Waals surface area contributed by atoms with Gasteiger partial charge in [0.25, 0.3) is 17.6 Å². The van der Waals surface area contributed by atoms with Crippen LogP contribution in [-0.2, 0) is 16.6 Å². The lowest BCUT2D eigenvalue weighted by atomic mass is 9.97. The average molecular weight is 471 g/mol. The van der Waals surface area contributed by atoms with E-state index in [0.717, 1.165) is 25.7 Å². The number of nitrogens with one attached hydrogen (secondary N) is 3. The SMILES string of the molecule is CNC(=O)[C@@H](NC(=O)C(=O)c1c(C)c(C(=O)Nc2ccc(F)c(C)c2)c(C)n1C)C1CCCC1. The number of carbonyl (C=O) groups is 4. The van der Waals surface area contributed by atoms with Crippen LogP contribution in [0.4, 0.5) is 10.1 Å². The third-order valence-corrected chi connectivity index (χ3v) is 6.68. The van der Waals surface area contributed by atoms with Crippen LogP contribution in [0.25, 0.3) is 0 Å². The van der Waals surface area contributed by atoms with Crippen LogP contribution >= 0.6 is 0 Å². The highest BCUT2D eigenvalue weighted by Gasteiger charge is 2.35. The van der Waals surface area contributed by atoms with Gasteiger partial charge in [-0.1, -0.05) is 12.8 Å². The van der Waals surface area contributed by atoms with Crippen molar-refractivity contribution in [2.45, 2.75) is 52.5 Å². The van der Waals surface area contributed by atoms with Crippen LogP contribution in [0, 0.1) is 32.5 Å². The first-order valence-electron chi connectivity index (χ1n) is 11.4. The van der Waals surface area contributed by atoms with E-state index in [9.17, 15) is 23.6 Å². The maximum absolute atomic E-state index is 13.6. The quantitative estimate of drug-likeness (QED) is 0.427. The number of rotatable bonds is 7. The van der Waals surface area contributed by atoms with Gasteiger partial charge in [-0.2, -0.15) is 0 Å². The van der Waals surface area contributed by atoms with E-state index in [1.54, 1.807) is 27.8 Å². The minimum absolute atomic E-state index is 0.0200. The van der Waals surface area contributed by atoms with Crippen LogP contribution in [0.1, 0.15) is 63.4 Å².